The highest BCUT2D eigenvalue weighted by molar-refractivity contribution is 5.77. The van der Waals surface area contributed by atoms with Crippen molar-refractivity contribution in [1.82, 2.24) is 10.6 Å². The van der Waals surface area contributed by atoms with Gasteiger partial charge in [-0.1, -0.05) is 347 Å². The molecule has 3 rings (SSSR count). The van der Waals surface area contributed by atoms with Crippen molar-refractivity contribution < 1.29 is 104 Å². The van der Waals surface area contributed by atoms with Gasteiger partial charge in [-0.2, -0.15) is 0 Å². The molecule has 3 heterocycles. The second-order valence-corrected chi connectivity index (χ2v) is 32.1. The first kappa shape index (κ1) is 99.7. The molecule has 14 N–H and O–H groups in total. The number of carboxylic acid groups (broad SMARTS) is 1. The van der Waals surface area contributed by atoms with E-state index in [0.717, 1.165) is 51.9 Å². The van der Waals surface area contributed by atoms with E-state index in [0.29, 0.717) is 12.8 Å². The van der Waals surface area contributed by atoms with E-state index in [-0.39, 0.29) is 12.3 Å². The van der Waals surface area contributed by atoms with Crippen LogP contribution in [-0.2, 0) is 42.8 Å². The number of hydrogen-bond donors (Lipinski definition) is 14. The lowest BCUT2D eigenvalue weighted by atomic mass is 9.88. The van der Waals surface area contributed by atoms with Gasteiger partial charge in [-0.3, -0.25) is 9.59 Å². The average Bonchev–Trinajstić information content (AvgIpc) is 0.753. The Morgan fingerprint density at radius 1 is 0.481 bits per heavy atom. The van der Waals surface area contributed by atoms with E-state index in [2.05, 4.69) is 24.5 Å². The molecule has 636 valence electrons. The van der Waals surface area contributed by atoms with Crippen molar-refractivity contribution in [2.24, 2.45) is 0 Å². The largest absolute Gasteiger partial charge is 0.477 e. The highest BCUT2D eigenvalue weighted by Gasteiger charge is 2.60. The molecule has 0 aromatic heterocycles. The Balaban J connectivity index is 1.38. The molecule has 0 aliphatic carbocycles. The Kier molecular flexibility index (Phi) is 58.8. The molecule has 0 saturated carbocycles. The zero-order chi connectivity index (χ0) is 78.8. The molecule has 108 heavy (non-hydrogen) atoms. The SMILES string of the molecule is CCCCCCCCCCCCCCC/C=C/C(O)C(COC1OC(CO)C(OC2OC(CO)C(O)C(OC3(C(=O)O)CC(O)C(NC(C)=O)C(C(O)C(O)CO)O3)C2O)C(O)C1O)NC(=O)CCCCCCCCCCCCCCCCCCCCCCCCCCCCCCCCCCCCCCCCC. The maximum Gasteiger partial charge on any atom is 0.364 e. The molecule has 0 aromatic carbocycles. The topological polar surface area (TPSA) is 373 Å². The maximum absolute atomic E-state index is 13.5. The van der Waals surface area contributed by atoms with Crippen LogP contribution < -0.4 is 10.6 Å². The van der Waals surface area contributed by atoms with E-state index < -0.39 is 155 Å². The summed E-state index contributed by atoms with van der Waals surface area (Å²) in [6.45, 7) is 2.19. The zero-order valence-corrected chi connectivity index (χ0v) is 67.7. The monoisotopic (exact) mass is 1550 g/mol. The lowest BCUT2D eigenvalue weighted by Gasteiger charge is -2.50. The van der Waals surface area contributed by atoms with Gasteiger partial charge in [0.25, 0.3) is 5.79 Å². The molecule has 0 spiro atoms. The third kappa shape index (κ3) is 42.7. The lowest BCUT2D eigenvalue weighted by Crippen LogP contribution is -2.70. The molecule has 23 heteroatoms. The van der Waals surface area contributed by atoms with E-state index in [1.54, 1.807) is 6.08 Å². The van der Waals surface area contributed by atoms with Gasteiger partial charge < -0.3 is 100 Å². The van der Waals surface area contributed by atoms with Crippen molar-refractivity contribution in [3.8, 4) is 0 Å². The van der Waals surface area contributed by atoms with Crippen LogP contribution in [0.5, 0.6) is 0 Å². The summed E-state index contributed by atoms with van der Waals surface area (Å²) in [7, 11) is 0. The van der Waals surface area contributed by atoms with Crippen molar-refractivity contribution in [1.29, 1.82) is 0 Å². The average molecular weight is 1550 g/mol. The van der Waals surface area contributed by atoms with Crippen LogP contribution in [0.15, 0.2) is 12.2 Å². The highest BCUT2D eigenvalue weighted by atomic mass is 16.8. The first-order chi connectivity index (χ1) is 52.4. The number of unbranched alkanes of at least 4 members (excludes halogenated alkanes) is 51. The first-order valence-electron chi connectivity index (χ1n) is 44.1. The molecule has 3 saturated heterocycles. The number of ether oxygens (including phenoxy) is 6. The standard InChI is InChI=1S/C85H160N2O21/c1-4-6-8-10-12-14-16-18-20-21-22-23-24-25-26-27-28-29-30-31-32-33-34-35-36-37-38-39-40-41-42-43-45-47-49-51-53-55-57-59-72(95)87-66(67(92)58-56-54-52-50-48-46-44-19-17-15-13-11-9-7-5-2)64-103-82-77(99)76(98)79(71(63-90)105-82)106-83-78(100)81(75(97)70(62-89)104-83)108-85(84(101)102)60-68(93)73(86-65(3)91)80(107-85)74(96)69(94)61-88/h56,58,66-71,73-83,88-90,92-94,96-100H,4-55,57,59-64H2,1-3H3,(H,86,91)(H,87,95)(H,101,102)/b58-56+. The molecule has 3 aliphatic rings. The van der Waals surface area contributed by atoms with E-state index in [1.807, 2.05) is 6.08 Å². The van der Waals surface area contributed by atoms with Crippen LogP contribution in [0, 0.1) is 0 Å². The van der Waals surface area contributed by atoms with Crippen LogP contribution in [0.3, 0.4) is 0 Å². The van der Waals surface area contributed by atoms with E-state index in [9.17, 15) is 75.7 Å². The van der Waals surface area contributed by atoms with E-state index in [1.165, 1.54) is 283 Å². The van der Waals surface area contributed by atoms with Crippen molar-refractivity contribution in [2.45, 2.75) is 484 Å². The molecule has 18 unspecified atom stereocenters. The molecule has 3 aliphatic heterocycles. The molecule has 2 amide bonds. The Bertz CT molecular complexity index is 2190. The zero-order valence-electron chi connectivity index (χ0n) is 67.7. The Hall–Kier alpha value is -2.53. The first-order valence-corrected chi connectivity index (χ1v) is 44.1. The quantitative estimate of drug-likeness (QED) is 0.0199. The number of aliphatic carboxylic acids is 1. The predicted molar refractivity (Wildman–Crippen MR) is 422 cm³/mol. The van der Waals surface area contributed by atoms with Crippen LogP contribution in [0.2, 0.25) is 0 Å². The summed E-state index contributed by atoms with van der Waals surface area (Å²) in [6.07, 6.45) is 43.0. The van der Waals surface area contributed by atoms with Gasteiger partial charge in [-0.05, 0) is 19.3 Å². The molecule has 18 atom stereocenters. The number of carbonyl (C=O) groups is 3. The third-order valence-corrected chi connectivity index (χ3v) is 22.5. The maximum atomic E-state index is 13.5. The van der Waals surface area contributed by atoms with Gasteiger partial charge in [-0.15, -0.1) is 0 Å². The number of rotatable bonds is 71. The number of nitrogens with one attached hydrogen (secondary N) is 2. The van der Waals surface area contributed by atoms with E-state index >= 15 is 0 Å². The number of aliphatic hydroxyl groups is 11. The summed E-state index contributed by atoms with van der Waals surface area (Å²) in [5.41, 5.74) is 0. The number of allylic oxidation sites excluding steroid dienone is 1. The molecule has 0 radical (unpaired) electrons. The summed E-state index contributed by atoms with van der Waals surface area (Å²) in [5.74, 6) is -6.13. The number of hydrogen-bond acceptors (Lipinski definition) is 20. The molecule has 0 aromatic rings. The van der Waals surface area contributed by atoms with Crippen LogP contribution in [0.1, 0.15) is 374 Å². The van der Waals surface area contributed by atoms with Crippen LogP contribution in [0.25, 0.3) is 0 Å². The summed E-state index contributed by atoms with van der Waals surface area (Å²) < 4.78 is 34.9. The Morgan fingerprint density at radius 3 is 1.23 bits per heavy atom. The second-order valence-electron chi connectivity index (χ2n) is 32.1. The van der Waals surface area contributed by atoms with E-state index in [4.69, 9.17) is 28.4 Å². The lowest BCUT2D eigenvalue weighted by molar-refractivity contribution is -0.386. The molecule has 0 bridgehead atoms. The van der Waals surface area contributed by atoms with Gasteiger partial charge in [0.05, 0.1) is 50.7 Å². The van der Waals surface area contributed by atoms with Crippen LogP contribution in [-0.4, -0.2) is 215 Å². The second kappa shape index (κ2) is 63.7. The van der Waals surface area contributed by atoms with Gasteiger partial charge >= 0.3 is 5.97 Å². The normalized spacial score (nSPS) is 25.9. The highest BCUT2D eigenvalue weighted by Crippen LogP contribution is 2.39. The molecule has 3 fully saturated rings. The number of amides is 2. The van der Waals surface area contributed by atoms with Crippen molar-refractivity contribution in [3.63, 3.8) is 0 Å². The molecular weight excluding hydrogens is 1380 g/mol. The summed E-state index contributed by atoms with van der Waals surface area (Å²) in [5, 5.41) is 136. The van der Waals surface area contributed by atoms with Crippen molar-refractivity contribution in [3.05, 3.63) is 12.2 Å². The minimum Gasteiger partial charge on any atom is -0.477 e. The number of carboxylic acids is 1. The predicted octanol–water partition coefficient (Wildman–Crippen LogP) is 13.3. The van der Waals surface area contributed by atoms with Crippen molar-refractivity contribution >= 4 is 17.8 Å². The van der Waals surface area contributed by atoms with Gasteiger partial charge in [0.1, 0.15) is 67.1 Å². The van der Waals surface area contributed by atoms with Crippen molar-refractivity contribution in [2.75, 3.05) is 26.4 Å². The number of carbonyl (C=O) groups excluding carboxylic acids is 2. The smallest absolute Gasteiger partial charge is 0.364 e. The van der Waals surface area contributed by atoms with Gasteiger partial charge in [0, 0.05) is 19.8 Å². The fourth-order valence-electron chi connectivity index (χ4n) is 15.5. The Labute approximate surface area is 651 Å². The third-order valence-electron chi connectivity index (χ3n) is 22.5. The number of aliphatic hydroxyl groups excluding tert-OH is 11. The molecule has 23 nitrogen and oxygen atoms in total. The minimum absolute atomic E-state index is 0.206. The summed E-state index contributed by atoms with van der Waals surface area (Å²) in [6, 6.07) is -2.62. The van der Waals surface area contributed by atoms with Gasteiger partial charge in [-0.25, -0.2) is 4.79 Å². The van der Waals surface area contributed by atoms with Gasteiger partial charge in [0.2, 0.25) is 11.8 Å². The minimum atomic E-state index is -3.08. The van der Waals surface area contributed by atoms with Crippen LogP contribution in [0.4, 0.5) is 0 Å². The fraction of sp³-hybridized carbons (Fsp3) is 0.941. The summed E-state index contributed by atoms with van der Waals surface area (Å²) >= 11 is 0. The Morgan fingerprint density at radius 2 is 0.861 bits per heavy atom. The molecular formula is C85H160N2O21. The van der Waals surface area contributed by atoms with Crippen LogP contribution >= 0.6 is 0 Å². The summed E-state index contributed by atoms with van der Waals surface area (Å²) in [4.78, 5) is 38.7. The fourth-order valence-corrected chi connectivity index (χ4v) is 15.5. The van der Waals surface area contributed by atoms with Gasteiger partial charge in [0.15, 0.2) is 12.6 Å².